The minimum atomic E-state index is 1.18. The third kappa shape index (κ3) is 5.96. The summed E-state index contributed by atoms with van der Waals surface area (Å²) in [5.74, 6) is 1.51. The minimum Gasteiger partial charge on any atom is -0.309 e. The lowest BCUT2D eigenvalue weighted by Crippen LogP contribution is -2.13. The van der Waals surface area contributed by atoms with Crippen molar-refractivity contribution in [3.63, 3.8) is 0 Å². The second-order valence-corrected chi connectivity index (χ2v) is 2.76. The molecule has 0 aromatic heterocycles. The van der Waals surface area contributed by atoms with Gasteiger partial charge in [-0.2, -0.15) is 0 Å². The Kier molecular flexibility index (Phi) is 3.88. The van der Waals surface area contributed by atoms with E-state index in [1.807, 2.05) is 0 Å². The first-order chi connectivity index (χ1) is 3.63. The first kappa shape index (κ1) is 7.96. The van der Waals surface area contributed by atoms with Gasteiger partial charge in [0.05, 0.1) is 0 Å². The predicted octanol–water partition coefficient (Wildman–Crippen LogP) is 1.55. The summed E-state index contributed by atoms with van der Waals surface area (Å²) in [4.78, 5) is 2.20. The summed E-state index contributed by atoms with van der Waals surface area (Å²) in [5, 5.41) is 0. The quantitative estimate of drug-likeness (QED) is 0.538. The zero-order chi connectivity index (χ0) is 6.57. The highest BCUT2D eigenvalue weighted by atomic mass is 15.0. The molecule has 0 unspecified atom stereocenters. The fourth-order valence-corrected chi connectivity index (χ4v) is 0.447. The Labute approximate surface area is 52.7 Å². The Morgan fingerprint density at radius 3 is 1.88 bits per heavy atom. The van der Waals surface area contributed by atoms with Crippen molar-refractivity contribution in [1.82, 2.24) is 4.90 Å². The van der Waals surface area contributed by atoms with Crippen molar-refractivity contribution in [3.8, 4) is 0 Å². The van der Waals surface area contributed by atoms with Crippen LogP contribution in [0.1, 0.15) is 20.3 Å². The van der Waals surface area contributed by atoms with Crippen molar-refractivity contribution in [1.29, 1.82) is 0 Å². The molecule has 0 atom stereocenters. The molecule has 1 nitrogen and oxygen atoms in total. The molecule has 0 amide bonds. The maximum Gasteiger partial charge on any atom is -0.00195 e. The first-order valence-corrected chi connectivity index (χ1v) is 3.06. The maximum atomic E-state index is 2.20. The van der Waals surface area contributed by atoms with E-state index in [4.69, 9.17) is 0 Å². The zero-order valence-corrected chi connectivity index (χ0v) is 6.36. The Morgan fingerprint density at radius 1 is 1.25 bits per heavy atom. The van der Waals surface area contributed by atoms with Crippen molar-refractivity contribution in [2.24, 2.45) is 0 Å². The van der Waals surface area contributed by atoms with Crippen LogP contribution in [0, 0.1) is 5.92 Å². The molecule has 0 aromatic carbocycles. The maximum absolute atomic E-state index is 2.20. The van der Waals surface area contributed by atoms with Gasteiger partial charge in [0.1, 0.15) is 0 Å². The highest BCUT2D eigenvalue weighted by Gasteiger charge is 1.93. The van der Waals surface area contributed by atoms with Crippen LogP contribution in [0.4, 0.5) is 0 Å². The number of rotatable bonds is 3. The summed E-state index contributed by atoms with van der Waals surface area (Å²) in [6.07, 6.45) is 1.23. The van der Waals surface area contributed by atoms with Crippen molar-refractivity contribution in [2.45, 2.75) is 20.3 Å². The van der Waals surface area contributed by atoms with Crippen LogP contribution in [0.5, 0.6) is 0 Å². The first-order valence-electron chi connectivity index (χ1n) is 3.06. The highest BCUT2D eigenvalue weighted by Crippen LogP contribution is 2.00. The van der Waals surface area contributed by atoms with Gasteiger partial charge in [0.15, 0.2) is 0 Å². The third-order valence-corrected chi connectivity index (χ3v) is 1.06. The van der Waals surface area contributed by atoms with E-state index < -0.39 is 0 Å². The molecule has 0 aliphatic rings. The molecule has 0 aliphatic carbocycles. The SMILES string of the molecule is C[C](C)CCN(C)C. The molecule has 0 fully saturated rings. The van der Waals surface area contributed by atoms with Gasteiger partial charge in [-0.3, -0.25) is 0 Å². The number of hydrogen-bond acceptors (Lipinski definition) is 1. The fourth-order valence-electron chi connectivity index (χ4n) is 0.447. The molecule has 0 N–H and O–H groups in total. The minimum absolute atomic E-state index is 1.18. The second kappa shape index (κ2) is 3.90. The summed E-state index contributed by atoms with van der Waals surface area (Å²) >= 11 is 0. The van der Waals surface area contributed by atoms with Crippen LogP contribution in [-0.2, 0) is 0 Å². The zero-order valence-electron chi connectivity index (χ0n) is 6.36. The number of nitrogens with zero attached hydrogens (tertiary/aromatic N) is 1. The topological polar surface area (TPSA) is 3.24 Å². The molecule has 1 heteroatoms. The summed E-state index contributed by atoms with van der Waals surface area (Å²) in [7, 11) is 4.20. The smallest absolute Gasteiger partial charge is 0.00195 e. The van der Waals surface area contributed by atoms with Crippen LogP contribution in [0.25, 0.3) is 0 Å². The summed E-state index contributed by atoms with van der Waals surface area (Å²) in [6, 6.07) is 0. The van der Waals surface area contributed by atoms with Crippen LogP contribution < -0.4 is 0 Å². The lowest BCUT2D eigenvalue weighted by atomic mass is 10.1. The van der Waals surface area contributed by atoms with Crippen LogP contribution in [0.2, 0.25) is 0 Å². The average Bonchev–Trinajstić information content (AvgIpc) is 1.61. The lowest BCUT2D eigenvalue weighted by molar-refractivity contribution is 0.405. The largest absolute Gasteiger partial charge is 0.309 e. The van der Waals surface area contributed by atoms with Gasteiger partial charge in [-0.15, -0.1) is 0 Å². The van der Waals surface area contributed by atoms with E-state index in [-0.39, 0.29) is 0 Å². The van der Waals surface area contributed by atoms with Crippen molar-refractivity contribution < 1.29 is 0 Å². The molecule has 0 rings (SSSR count). The van der Waals surface area contributed by atoms with E-state index in [0.717, 1.165) is 0 Å². The van der Waals surface area contributed by atoms with Gasteiger partial charge in [0.25, 0.3) is 0 Å². The van der Waals surface area contributed by atoms with Crippen LogP contribution in [0.15, 0.2) is 0 Å². The molecule has 8 heavy (non-hydrogen) atoms. The predicted molar refractivity (Wildman–Crippen MR) is 37.8 cm³/mol. The van der Waals surface area contributed by atoms with Crippen molar-refractivity contribution >= 4 is 0 Å². The molecule has 0 saturated heterocycles. The van der Waals surface area contributed by atoms with Gasteiger partial charge in [0.2, 0.25) is 0 Å². The normalized spacial score (nSPS) is 11.2. The van der Waals surface area contributed by atoms with Gasteiger partial charge in [0, 0.05) is 0 Å². The standard InChI is InChI=1S/C7H16N/c1-7(2)5-6-8(3)4/h5-6H2,1-4H3. The van der Waals surface area contributed by atoms with Crippen molar-refractivity contribution in [3.05, 3.63) is 5.92 Å². The van der Waals surface area contributed by atoms with E-state index in [1.165, 1.54) is 18.9 Å². The average molecular weight is 114 g/mol. The van der Waals surface area contributed by atoms with Crippen LogP contribution in [-0.4, -0.2) is 25.5 Å². The van der Waals surface area contributed by atoms with E-state index >= 15 is 0 Å². The van der Waals surface area contributed by atoms with Gasteiger partial charge in [-0.25, -0.2) is 0 Å². The summed E-state index contributed by atoms with van der Waals surface area (Å²) < 4.78 is 0. The van der Waals surface area contributed by atoms with E-state index in [2.05, 4.69) is 32.8 Å². The van der Waals surface area contributed by atoms with Crippen LogP contribution >= 0.6 is 0 Å². The fraction of sp³-hybridized carbons (Fsp3) is 0.857. The Balaban J connectivity index is 2.93. The number of hydrogen-bond donors (Lipinski definition) is 0. The highest BCUT2D eigenvalue weighted by molar-refractivity contribution is 4.76. The lowest BCUT2D eigenvalue weighted by Gasteiger charge is -2.09. The van der Waals surface area contributed by atoms with Crippen molar-refractivity contribution in [2.75, 3.05) is 20.6 Å². The monoisotopic (exact) mass is 114 g/mol. The van der Waals surface area contributed by atoms with Gasteiger partial charge in [-0.05, 0) is 33.0 Å². The van der Waals surface area contributed by atoms with Crippen LogP contribution in [0.3, 0.4) is 0 Å². The molecular weight excluding hydrogens is 98.1 g/mol. The van der Waals surface area contributed by atoms with Gasteiger partial charge in [-0.1, -0.05) is 13.8 Å². The third-order valence-electron chi connectivity index (χ3n) is 1.06. The van der Waals surface area contributed by atoms with Gasteiger partial charge >= 0.3 is 0 Å². The molecule has 0 aliphatic heterocycles. The molecule has 0 heterocycles. The Hall–Kier alpha value is -0.0400. The summed E-state index contributed by atoms with van der Waals surface area (Å²) in [5.41, 5.74) is 0. The molecule has 49 valence electrons. The second-order valence-electron chi connectivity index (χ2n) is 2.76. The summed E-state index contributed by atoms with van der Waals surface area (Å²) in [6.45, 7) is 5.52. The molecular formula is C7H16N. The Morgan fingerprint density at radius 2 is 1.75 bits per heavy atom. The van der Waals surface area contributed by atoms with E-state index in [1.54, 1.807) is 0 Å². The molecule has 0 saturated carbocycles. The van der Waals surface area contributed by atoms with E-state index in [9.17, 15) is 0 Å². The molecule has 0 bridgehead atoms. The Bertz CT molecular complexity index is 40.3. The molecule has 0 spiro atoms. The van der Waals surface area contributed by atoms with E-state index in [0.29, 0.717) is 0 Å². The van der Waals surface area contributed by atoms with Gasteiger partial charge < -0.3 is 4.90 Å². The molecule has 0 aromatic rings. The molecule has 1 radical (unpaired) electrons.